The highest BCUT2D eigenvalue weighted by Gasteiger charge is 2.26. The Morgan fingerprint density at radius 1 is 1.29 bits per heavy atom. The van der Waals surface area contributed by atoms with Gasteiger partial charge in [0.25, 0.3) is 0 Å². The number of thiophene rings is 1. The Balaban J connectivity index is 1.78. The summed E-state index contributed by atoms with van der Waals surface area (Å²) in [5.74, 6) is -1.03. The topological polar surface area (TPSA) is 77.9 Å². The first-order chi connectivity index (χ1) is 9.97. The van der Waals surface area contributed by atoms with E-state index in [0.717, 1.165) is 6.54 Å². The predicted molar refractivity (Wildman–Crippen MR) is 81.8 cm³/mol. The molecule has 1 fully saturated rings. The summed E-state index contributed by atoms with van der Waals surface area (Å²) in [6.45, 7) is 3.26. The van der Waals surface area contributed by atoms with Crippen LogP contribution in [0.15, 0.2) is 16.8 Å². The van der Waals surface area contributed by atoms with Gasteiger partial charge in [0, 0.05) is 39.1 Å². The molecule has 0 unspecified atom stereocenters. The maximum atomic E-state index is 12.1. The number of carbonyl (C=O) groups is 1. The number of aliphatic carboxylic acids is 1. The number of sulfonamides is 1. The standard InChI is InChI=1S/C13H20N2O4S2/c16-13(17)2-1-9-21(18,19)15-6-4-14(5-7-15)10-12-3-8-20-11-12/h3,8,11H,1-2,4-7,9-10H2,(H,16,17). The Bertz CT molecular complexity index is 549. The van der Waals surface area contributed by atoms with Crippen LogP contribution in [-0.4, -0.2) is 60.6 Å². The van der Waals surface area contributed by atoms with Gasteiger partial charge in [0.05, 0.1) is 5.75 Å². The third-order valence-corrected chi connectivity index (χ3v) is 6.19. The van der Waals surface area contributed by atoms with Gasteiger partial charge in [-0.1, -0.05) is 0 Å². The van der Waals surface area contributed by atoms with Crippen molar-refractivity contribution in [1.29, 1.82) is 0 Å². The van der Waals surface area contributed by atoms with Gasteiger partial charge in [0.1, 0.15) is 0 Å². The molecule has 0 amide bonds. The zero-order chi connectivity index (χ0) is 15.3. The second-order valence-corrected chi connectivity index (χ2v) is 7.99. The molecule has 118 valence electrons. The van der Waals surface area contributed by atoms with Crippen molar-refractivity contribution in [3.05, 3.63) is 22.4 Å². The molecule has 0 spiro atoms. The van der Waals surface area contributed by atoms with Crippen LogP contribution in [0.4, 0.5) is 0 Å². The molecule has 0 atom stereocenters. The third kappa shape index (κ3) is 5.06. The van der Waals surface area contributed by atoms with Gasteiger partial charge in [0.15, 0.2) is 0 Å². The van der Waals surface area contributed by atoms with E-state index in [9.17, 15) is 13.2 Å². The molecule has 1 N–H and O–H groups in total. The van der Waals surface area contributed by atoms with Crippen LogP contribution >= 0.6 is 11.3 Å². The highest BCUT2D eigenvalue weighted by atomic mass is 32.2. The molecule has 1 aromatic rings. The van der Waals surface area contributed by atoms with Gasteiger partial charge in [-0.2, -0.15) is 15.6 Å². The summed E-state index contributed by atoms with van der Waals surface area (Å²) >= 11 is 1.66. The number of nitrogens with zero attached hydrogens (tertiary/aromatic N) is 2. The predicted octanol–water partition coefficient (Wildman–Crippen LogP) is 1.06. The van der Waals surface area contributed by atoms with E-state index < -0.39 is 16.0 Å². The van der Waals surface area contributed by atoms with Crippen molar-refractivity contribution in [1.82, 2.24) is 9.21 Å². The first-order valence-electron chi connectivity index (χ1n) is 6.90. The lowest BCUT2D eigenvalue weighted by Gasteiger charge is -2.33. The molecular formula is C13H20N2O4S2. The molecule has 0 saturated carbocycles. The molecule has 0 bridgehead atoms. The molecule has 8 heteroatoms. The molecule has 2 heterocycles. The minimum absolute atomic E-state index is 0.0795. The van der Waals surface area contributed by atoms with E-state index in [4.69, 9.17) is 5.11 Å². The van der Waals surface area contributed by atoms with Gasteiger partial charge < -0.3 is 5.11 Å². The molecule has 1 aliphatic rings. The average Bonchev–Trinajstić information content (AvgIpc) is 2.91. The maximum Gasteiger partial charge on any atom is 0.303 e. The van der Waals surface area contributed by atoms with Gasteiger partial charge in [-0.15, -0.1) is 0 Å². The fourth-order valence-electron chi connectivity index (χ4n) is 2.34. The normalized spacial score (nSPS) is 17.9. The molecule has 6 nitrogen and oxygen atoms in total. The Kier molecular flexibility index (Phi) is 5.74. The highest BCUT2D eigenvalue weighted by Crippen LogP contribution is 2.14. The second-order valence-electron chi connectivity index (χ2n) is 5.12. The van der Waals surface area contributed by atoms with Crippen molar-refractivity contribution in [2.24, 2.45) is 0 Å². The van der Waals surface area contributed by atoms with Crippen molar-refractivity contribution >= 4 is 27.3 Å². The quantitative estimate of drug-likeness (QED) is 0.808. The van der Waals surface area contributed by atoms with E-state index in [0.29, 0.717) is 26.2 Å². The van der Waals surface area contributed by atoms with Crippen LogP contribution in [0.3, 0.4) is 0 Å². The smallest absolute Gasteiger partial charge is 0.303 e. The van der Waals surface area contributed by atoms with Crippen LogP contribution in [0.2, 0.25) is 0 Å². The third-order valence-electron chi connectivity index (χ3n) is 3.50. The minimum atomic E-state index is -3.32. The summed E-state index contributed by atoms with van der Waals surface area (Å²) in [5, 5.41) is 12.7. The number of carboxylic acid groups (broad SMARTS) is 1. The Morgan fingerprint density at radius 3 is 2.57 bits per heavy atom. The molecule has 1 aromatic heterocycles. The van der Waals surface area contributed by atoms with Gasteiger partial charge >= 0.3 is 5.97 Å². The number of piperazine rings is 1. The fourth-order valence-corrected chi connectivity index (χ4v) is 4.49. The van der Waals surface area contributed by atoms with E-state index in [1.165, 1.54) is 9.87 Å². The zero-order valence-corrected chi connectivity index (χ0v) is 13.4. The Labute approximate surface area is 129 Å². The molecule has 21 heavy (non-hydrogen) atoms. The lowest BCUT2D eigenvalue weighted by molar-refractivity contribution is -0.137. The van der Waals surface area contributed by atoms with Gasteiger partial charge in [-0.25, -0.2) is 8.42 Å². The highest BCUT2D eigenvalue weighted by molar-refractivity contribution is 7.89. The SMILES string of the molecule is O=C(O)CCCS(=O)(=O)N1CCN(Cc2ccsc2)CC1. The van der Waals surface area contributed by atoms with Crippen molar-refractivity contribution in [3.63, 3.8) is 0 Å². The number of carboxylic acids is 1. The van der Waals surface area contributed by atoms with E-state index >= 15 is 0 Å². The van der Waals surface area contributed by atoms with Crippen molar-refractivity contribution in [2.75, 3.05) is 31.9 Å². The summed E-state index contributed by atoms with van der Waals surface area (Å²) < 4.78 is 25.7. The summed E-state index contributed by atoms with van der Waals surface area (Å²) in [6, 6.07) is 2.08. The summed E-state index contributed by atoms with van der Waals surface area (Å²) in [4.78, 5) is 12.7. The molecule has 0 aliphatic carbocycles. The van der Waals surface area contributed by atoms with Crippen molar-refractivity contribution in [3.8, 4) is 0 Å². The summed E-state index contributed by atoms with van der Waals surface area (Å²) in [6.07, 6.45) is 0.0735. The monoisotopic (exact) mass is 332 g/mol. The van der Waals surface area contributed by atoms with E-state index in [2.05, 4.69) is 16.3 Å². The van der Waals surface area contributed by atoms with E-state index in [1.54, 1.807) is 11.3 Å². The first kappa shape index (κ1) is 16.4. The minimum Gasteiger partial charge on any atom is -0.481 e. The number of hydrogen-bond donors (Lipinski definition) is 1. The van der Waals surface area contributed by atoms with Crippen LogP contribution < -0.4 is 0 Å². The average molecular weight is 332 g/mol. The lowest BCUT2D eigenvalue weighted by Crippen LogP contribution is -2.48. The molecule has 2 rings (SSSR count). The molecule has 1 aliphatic heterocycles. The number of rotatable bonds is 7. The van der Waals surface area contributed by atoms with Gasteiger partial charge in [-0.3, -0.25) is 9.69 Å². The Hall–Kier alpha value is -0.960. The molecule has 0 radical (unpaired) electrons. The first-order valence-corrected chi connectivity index (χ1v) is 9.45. The van der Waals surface area contributed by atoms with Crippen LogP contribution in [0.1, 0.15) is 18.4 Å². The fraction of sp³-hybridized carbons (Fsp3) is 0.615. The van der Waals surface area contributed by atoms with Crippen LogP contribution in [0, 0.1) is 0 Å². The van der Waals surface area contributed by atoms with Crippen LogP contribution in [0.25, 0.3) is 0 Å². The second kappa shape index (κ2) is 7.35. The van der Waals surface area contributed by atoms with Crippen LogP contribution in [0.5, 0.6) is 0 Å². The van der Waals surface area contributed by atoms with E-state index in [-0.39, 0.29) is 18.6 Å². The molecule has 0 aromatic carbocycles. The Morgan fingerprint density at radius 2 is 2.00 bits per heavy atom. The molecule has 1 saturated heterocycles. The maximum absolute atomic E-state index is 12.1. The molecular weight excluding hydrogens is 312 g/mol. The van der Waals surface area contributed by atoms with Crippen molar-refractivity contribution < 1.29 is 18.3 Å². The van der Waals surface area contributed by atoms with E-state index in [1.807, 2.05) is 5.38 Å². The number of hydrogen-bond acceptors (Lipinski definition) is 5. The summed E-state index contributed by atoms with van der Waals surface area (Å²) in [5.41, 5.74) is 1.26. The van der Waals surface area contributed by atoms with Gasteiger partial charge in [0.2, 0.25) is 10.0 Å². The summed E-state index contributed by atoms with van der Waals surface area (Å²) in [7, 11) is -3.32. The van der Waals surface area contributed by atoms with Gasteiger partial charge in [-0.05, 0) is 28.8 Å². The largest absolute Gasteiger partial charge is 0.481 e. The van der Waals surface area contributed by atoms with Crippen molar-refractivity contribution in [2.45, 2.75) is 19.4 Å². The lowest BCUT2D eigenvalue weighted by atomic mass is 10.3. The zero-order valence-electron chi connectivity index (χ0n) is 11.8. The van der Waals surface area contributed by atoms with Crippen LogP contribution in [-0.2, 0) is 21.4 Å².